The highest BCUT2D eigenvalue weighted by Crippen LogP contribution is 2.20. The average molecular weight is 1460 g/mol. The van der Waals surface area contributed by atoms with E-state index >= 15 is 0 Å². The van der Waals surface area contributed by atoms with E-state index in [9.17, 15) is 82.4 Å². The second-order valence-electron chi connectivity index (χ2n) is 25.9. The van der Waals surface area contributed by atoms with E-state index < -0.39 is 144 Å². The molecule has 0 saturated carbocycles. The van der Waals surface area contributed by atoms with Crippen molar-refractivity contribution in [2.45, 2.75) is 122 Å². The van der Waals surface area contributed by atoms with Gasteiger partial charge < -0.3 is 84.6 Å². The van der Waals surface area contributed by atoms with Gasteiger partial charge >= 0.3 is 17.9 Å². The maximum atomic E-state index is 14.6. The minimum Gasteiger partial charge on any atom is -0.480 e. The second kappa shape index (κ2) is 42.4. The lowest BCUT2D eigenvalue weighted by molar-refractivity contribution is -0.140. The van der Waals surface area contributed by atoms with Gasteiger partial charge in [-0.25, -0.2) is 4.98 Å². The van der Waals surface area contributed by atoms with Crippen molar-refractivity contribution >= 4 is 106 Å². The van der Waals surface area contributed by atoms with Crippen molar-refractivity contribution < 1.29 is 82.4 Å². The number of aromatic nitrogens is 3. The first-order valence-corrected chi connectivity index (χ1v) is 35.2. The summed E-state index contributed by atoms with van der Waals surface area (Å²) in [5.74, 6) is -12.2. The van der Waals surface area contributed by atoms with Crippen LogP contribution in [0.2, 0.25) is 0 Å². The number of carboxylic acids is 3. The molecule has 18 N–H and O–H groups in total. The molecule has 1 fully saturated rings. The molecule has 0 radical (unpaired) electrons. The quantitative estimate of drug-likeness (QED) is 0.0209. The molecular formula is C67H98N18O17S. The summed E-state index contributed by atoms with van der Waals surface area (Å²) in [5, 5.41) is 53.3. The molecule has 0 aliphatic carbocycles. The third kappa shape index (κ3) is 29.5. The van der Waals surface area contributed by atoms with E-state index in [1.165, 1.54) is 43.3 Å². The zero-order valence-electron chi connectivity index (χ0n) is 58.8. The van der Waals surface area contributed by atoms with Crippen molar-refractivity contribution in [3.63, 3.8) is 0 Å². The topological polar surface area (TPSA) is 517 Å². The lowest BCUT2D eigenvalue weighted by Crippen LogP contribution is -2.59. The minimum absolute atomic E-state index is 0.00537. The fourth-order valence-electron chi connectivity index (χ4n) is 11.2. The number of fused-ring (bicyclic) bond motifs is 1. The van der Waals surface area contributed by atoms with Gasteiger partial charge in [-0.3, -0.25) is 86.7 Å². The fourth-order valence-corrected chi connectivity index (χ4v) is 11.7. The Morgan fingerprint density at radius 2 is 1.08 bits per heavy atom. The average Bonchev–Trinajstić information content (AvgIpc) is 1.74. The van der Waals surface area contributed by atoms with E-state index in [4.69, 9.17) is 11.5 Å². The van der Waals surface area contributed by atoms with Crippen molar-refractivity contribution in [1.82, 2.24) is 82.4 Å². The summed E-state index contributed by atoms with van der Waals surface area (Å²) >= 11 is 1.45. The van der Waals surface area contributed by atoms with Crippen LogP contribution in [-0.2, 0) is 81.7 Å². The summed E-state index contributed by atoms with van der Waals surface area (Å²) < 4.78 is 0. The molecule has 564 valence electrons. The number of carbonyl (C=O) groups is 14. The first-order valence-electron chi connectivity index (χ1n) is 33.8. The number of benzene rings is 2. The van der Waals surface area contributed by atoms with Gasteiger partial charge in [0.1, 0.15) is 42.3 Å². The number of para-hydroxylation sites is 1. The van der Waals surface area contributed by atoms with E-state index in [2.05, 4.69) is 62.8 Å². The van der Waals surface area contributed by atoms with E-state index in [-0.39, 0.29) is 134 Å². The monoisotopic (exact) mass is 1460 g/mol. The molecule has 5 rings (SSSR count). The van der Waals surface area contributed by atoms with Gasteiger partial charge in [-0.05, 0) is 73.3 Å². The van der Waals surface area contributed by atoms with Crippen molar-refractivity contribution in [2.24, 2.45) is 23.3 Å². The first kappa shape index (κ1) is 83.6. The van der Waals surface area contributed by atoms with E-state index in [0.29, 0.717) is 27.9 Å². The number of amides is 11. The van der Waals surface area contributed by atoms with E-state index in [1.54, 1.807) is 76.0 Å². The number of hydrogen-bond acceptors (Lipinski definition) is 20. The number of nitrogens with two attached hydrogens (primary N) is 2. The minimum atomic E-state index is -1.53. The molecule has 1 unspecified atom stereocenters. The van der Waals surface area contributed by atoms with Crippen LogP contribution in [-0.4, -0.2) is 272 Å². The fraction of sp³-hybridized carbons (Fsp3) is 0.537. The summed E-state index contributed by atoms with van der Waals surface area (Å²) in [6, 6.07) is 4.06. The number of nitrogens with zero attached hydrogens (tertiary/aromatic N) is 5. The van der Waals surface area contributed by atoms with Crippen molar-refractivity contribution in [2.75, 3.05) is 97.1 Å². The van der Waals surface area contributed by atoms with E-state index in [0.717, 1.165) is 0 Å². The predicted octanol–water partition coefficient (Wildman–Crippen LogP) is -3.18. The van der Waals surface area contributed by atoms with Gasteiger partial charge in [0.25, 0.3) is 5.91 Å². The molecule has 0 bridgehead atoms. The summed E-state index contributed by atoms with van der Waals surface area (Å²) in [7, 11) is 0. The predicted molar refractivity (Wildman–Crippen MR) is 378 cm³/mol. The standard InChI is InChI=1S/C67H98N18O17S/c1-39(2)27-50(65(100)77-48(60(69)95)17-26-103-6)79-66(101)52(29-44-32-70-38-74-44)76-54(87)33-73-67(102)59(40(3)4)81-61(96)41(5)75-64(99)51(28-43-31-71-47-14-10-9-12-45(43)47)80-63(98)49(15-16-53(68)86)78-62(97)46-13-8-7-11-42(46)30-72-55(88)34-82-18-20-83(35-56(89)90)22-24-85(37-58(93)94)25-23-84(21-19-82)36-57(91)92/h7-14,31-32,38-41,48-52,59,71H,15-30,33-37H2,1-6H3,(H2,68,86)(H2,69,95)(H,70,74)(H,72,88)(H,73,102)(H,75,99)(H,76,87)(H,77,100)(H,78,97)(H,79,101)(H,80,98)(H,81,96)(H,89,90)(H,91,92)(H,93,94)/t41-,48-,49-,50?,51-,52-,59-/m0/s1. The highest BCUT2D eigenvalue weighted by Gasteiger charge is 2.35. The number of rotatable bonds is 40. The number of carboxylic acid groups (broad SMARTS) is 3. The molecule has 1 aliphatic heterocycles. The van der Waals surface area contributed by atoms with Gasteiger partial charge in [-0.1, -0.05) is 64.1 Å². The third-order valence-electron chi connectivity index (χ3n) is 16.8. The van der Waals surface area contributed by atoms with Gasteiger partial charge in [0.05, 0.1) is 44.7 Å². The molecular weight excluding hydrogens is 1360 g/mol. The molecule has 36 heteroatoms. The first-order chi connectivity index (χ1) is 48.9. The number of carbonyl (C=O) groups excluding carboxylic acids is 11. The molecule has 4 aromatic rings. The molecule has 2 aromatic carbocycles. The Balaban J connectivity index is 1.27. The zero-order valence-corrected chi connectivity index (χ0v) is 59.6. The van der Waals surface area contributed by atoms with Crippen LogP contribution in [0.3, 0.4) is 0 Å². The Labute approximate surface area is 600 Å². The molecule has 3 heterocycles. The summed E-state index contributed by atoms with van der Waals surface area (Å²) in [5.41, 5.74) is 13.0. The summed E-state index contributed by atoms with van der Waals surface area (Å²) in [4.78, 5) is 203. The molecule has 0 spiro atoms. The SMILES string of the molecule is CSCC[C@H](NC(=O)C(CC(C)C)NC(=O)[C@H](Cc1c[nH]cn1)NC(=O)CNC(=O)[C@@H](NC(=O)[C@H](C)NC(=O)[C@H](Cc1c[nH]c2ccccc12)NC(=O)[C@H](CCC(N)=O)NC(=O)c1ccccc1CNC(=O)CN1CCN(CC(=O)O)CCN(CC(=O)O)CCN(CC(=O)O)CC1)C(C)C)C(N)=O. The highest BCUT2D eigenvalue weighted by molar-refractivity contribution is 7.98. The number of hydrogen-bond donors (Lipinski definition) is 16. The summed E-state index contributed by atoms with van der Waals surface area (Å²) in [6.07, 6.45) is 5.64. The van der Waals surface area contributed by atoms with Gasteiger partial charge in [0.15, 0.2) is 0 Å². The maximum absolute atomic E-state index is 14.6. The van der Waals surface area contributed by atoms with Crippen LogP contribution in [0.25, 0.3) is 10.9 Å². The lowest BCUT2D eigenvalue weighted by atomic mass is 10.0. The van der Waals surface area contributed by atoms with Crippen LogP contribution in [0.4, 0.5) is 0 Å². The smallest absolute Gasteiger partial charge is 0.317 e. The van der Waals surface area contributed by atoms with Crippen molar-refractivity contribution in [3.8, 4) is 0 Å². The van der Waals surface area contributed by atoms with Crippen molar-refractivity contribution in [3.05, 3.63) is 89.6 Å². The van der Waals surface area contributed by atoms with Crippen LogP contribution in [0.15, 0.2) is 67.3 Å². The van der Waals surface area contributed by atoms with Gasteiger partial charge in [0, 0.05) is 107 Å². The number of aliphatic carboxylic acids is 3. The van der Waals surface area contributed by atoms with Crippen molar-refractivity contribution in [1.29, 1.82) is 0 Å². The second-order valence-corrected chi connectivity index (χ2v) is 26.9. The molecule has 1 saturated heterocycles. The Kier molecular flexibility index (Phi) is 34.4. The third-order valence-corrected chi connectivity index (χ3v) is 17.4. The van der Waals surface area contributed by atoms with E-state index in [1.807, 2.05) is 20.1 Å². The number of aromatic amines is 2. The molecule has 103 heavy (non-hydrogen) atoms. The van der Waals surface area contributed by atoms with Crippen LogP contribution in [0.1, 0.15) is 87.5 Å². The van der Waals surface area contributed by atoms with Gasteiger partial charge in [0.2, 0.25) is 59.1 Å². The summed E-state index contributed by atoms with van der Waals surface area (Å²) in [6.45, 7) is 7.32. The Morgan fingerprint density at radius 3 is 1.63 bits per heavy atom. The molecule has 7 atom stereocenters. The van der Waals surface area contributed by atoms with Gasteiger partial charge in [-0.15, -0.1) is 0 Å². The number of H-pyrrole nitrogens is 2. The largest absolute Gasteiger partial charge is 0.480 e. The Bertz CT molecular complexity index is 3540. The number of primary amides is 2. The zero-order chi connectivity index (χ0) is 75.9. The Hall–Kier alpha value is -10.0. The van der Waals surface area contributed by atoms with Crippen LogP contribution in [0, 0.1) is 11.8 Å². The Morgan fingerprint density at radius 1 is 0.544 bits per heavy atom. The number of thioether (sulfide) groups is 1. The number of imidazole rings is 1. The molecule has 35 nitrogen and oxygen atoms in total. The van der Waals surface area contributed by atoms with Gasteiger partial charge in [-0.2, -0.15) is 11.8 Å². The lowest BCUT2D eigenvalue weighted by Gasteiger charge is -2.32. The van der Waals surface area contributed by atoms with Crippen LogP contribution in [0.5, 0.6) is 0 Å². The number of nitrogens with one attached hydrogen (secondary N) is 11. The van der Waals surface area contributed by atoms with Crippen LogP contribution >= 0.6 is 11.8 Å². The molecule has 1 aliphatic rings. The maximum Gasteiger partial charge on any atom is 0.317 e. The normalized spacial score (nSPS) is 15.6. The molecule has 2 aromatic heterocycles. The molecule has 11 amide bonds. The van der Waals surface area contributed by atoms with Crippen LogP contribution < -0.4 is 59.3 Å². The highest BCUT2D eigenvalue weighted by atomic mass is 32.2.